The summed E-state index contributed by atoms with van der Waals surface area (Å²) < 4.78 is 5.26. The highest BCUT2D eigenvalue weighted by Crippen LogP contribution is 2.20. The molecule has 0 aliphatic carbocycles. The van der Waals surface area contributed by atoms with Crippen LogP contribution < -0.4 is 15.4 Å². The Balaban J connectivity index is 2.15. The Morgan fingerprint density at radius 1 is 1.30 bits per heavy atom. The summed E-state index contributed by atoms with van der Waals surface area (Å²) in [6, 6.07) is 11.8. The molecule has 1 aromatic heterocycles. The van der Waals surface area contributed by atoms with Crippen molar-refractivity contribution in [1.82, 2.24) is 4.98 Å². The van der Waals surface area contributed by atoms with E-state index in [2.05, 4.69) is 9.88 Å². The lowest BCUT2D eigenvalue weighted by Gasteiger charge is -2.20. The van der Waals surface area contributed by atoms with Gasteiger partial charge >= 0.3 is 0 Å². The van der Waals surface area contributed by atoms with E-state index in [-0.39, 0.29) is 0 Å². The Morgan fingerprint density at radius 3 is 2.60 bits per heavy atom. The maximum absolute atomic E-state index is 5.59. The Hall–Kier alpha value is -2.14. The molecule has 0 aliphatic rings. The summed E-state index contributed by atoms with van der Waals surface area (Å²) in [5.74, 6) is 0.652. The molecule has 4 nitrogen and oxygen atoms in total. The highest BCUT2D eigenvalue weighted by atomic mass is 32.1. The molecule has 20 heavy (non-hydrogen) atoms. The van der Waals surface area contributed by atoms with Gasteiger partial charge in [-0.15, -0.1) is 0 Å². The highest BCUT2D eigenvalue weighted by Gasteiger charge is 2.08. The quantitative estimate of drug-likeness (QED) is 0.856. The third-order valence-corrected chi connectivity index (χ3v) is 3.28. The fourth-order valence-corrected chi connectivity index (χ4v) is 2.09. The molecule has 2 aromatic rings. The predicted molar refractivity (Wildman–Crippen MR) is 85.2 cm³/mol. The number of benzene rings is 1. The zero-order valence-electron chi connectivity index (χ0n) is 11.5. The zero-order valence-corrected chi connectivity index (χ0v) is 12.4. The first-order valence-electron chi connectivity index (χ1n) is 6.20. The summed E-state index contributed by atoms with van der Waals surface area (Å²) in [6.07, 6.45) is 1.72. The fraction of sp³-hybridized carbons (Fsp3) is 0.200. The van der Waals surface area contributed by atoms with E-state index in [4.69, 9.17) is 22.7 Å². The van der Waals surface area contributed by atoms with Crippen LogP contribution in [0.4, 0.5) is 5.69 Å². The third kappa shape index (κ3) is 3.24. The SMILES string of the molecule is COc1ncccc1CN(C)c1ccc(C(N)=S)cc1. The van der Waals surface area contributed by atoms with Crippen molar-refractivity contribution < 1.29 is 4.74 Å². The number of methoxy groups -OCH3 is 1. The first-order valence-corrected chi connectivity index (χ1v) is 6.61. The molecule has 0 saturated carbocycles. The normalized spacial score (nSPS) is 10.1. The summed E-state index contributed by atoms with van der Waals surface area (Å²) in [4.78, 5) is 6.72. The second kappa shape index (κ2) is 6.34. The van der Waals surface area contributed by atoms with Crippen molar-refractivity contribution in [3.63, 3.8) is 0 Å². The number of nitrogens with two attached hydrogens (primary N) is 1. The van der Waals surface area contributed by atoms with Crippen molar-refractivity contribution in [3.05, 3.63) is 53.7 Å². The largest absolute Gasteiger partial charge is 0.481 e. The van der Waals surface area contributed by atoms with E-state index < -0.39 is 0 Å². The van der Waals surface area contributed by atoms with Gasteiger partial charge in [-0.05, 0) is 30.3 Å². The standard InChI is InChI=1S/C15H17N3OS/c1-18(10-12-4-3-9-17-15(12)19-2)13-7-5-11(6-8-13)14(16)20/h3-9H,10H2,1-2H3,(H2,16,20). The van der Waals surface area contributed by atoms with Crippen LogP contribution in [0.2, 0.25) is 0 Å². The molecule has 0 bridgehead atoms. The maximum Gasteiger partial charge on any atom is 0.218 e. The fourth-order valence-electron chi connectivity index (χ4n) is 1.96. The van der Waals surface area contributed by atoms with E-state index in [0.717, 1.165) is 16.8 Å². The van der Waals surface area contributed by atoms with Crippen LogP contribution in [0, 0.1) is 0 Å². The zero-order chi connectivity index (χ0) is 14.5. The molecule has 0 unspecified atom stereocenters. The van der Waals surface area contributed by atoms with E-state index in [0.29, 0.717) is 17.4 Å². The minimum Gasteiger partial charge on any atom is -0.481 e. The van der Waals surface area contributed by atoms with Gasteiger partial charge in [-0.2, -0.15) is 0 Å². The molecule has 5 heteroatoms. The van der Waals surface area contributed by atoms with Crippen LogP contribution in [0.3, 0.4) is 0 Å². The second-order valence-electron chi connectivity index (χ2n) is 4.44. The molecule has 104 valence electrons. The molecule has 0 atom stereocenters. The van der Waals surface area contributed by atoms with Crippen LogP contribution in [-0.2, 0) is 6.54 Å². The summed E-state index contributed by atoms with van der Waals surface area (Å²) in [5.41, 5.74) is 8.58. The summed E-state index contributed by atoms with van der Waals surface area (Å²) in [6.45, 7) is 0.712. The van der Waals surface area contributed by atoms with Gasteiger partial charge in [0, 0.05) is 36.6 Å². The highest BCUT2D eigenvalue weighted by molar-refractivity contribution is 7.80. The number of hydrogen-bond acceptors (Lipinski definition) is 4. The number of anilines is 1. The number of rotatable bonds is 5. The van der Waals surface area contributed by atoms with Gasteiger partial charge in [0.05, 0.1) is 7.11 Å². The Morgan fingerprint density at radius 2 is 2.00 bits per heavy atom. The summed E-state index contributed by atoms with van der Waals surface area (Å²) in [5, 5.41) is 0. The van der Waals surface area contributed by atoms with Crippen LogP contribution in [0.25, 0.3) is 0 Å². The lowest BCUT2D eigenvalue weighted by atomic mass is 10.2. The Labute approximate surface area is 124 Å². The molecule has 0 fully saturated rings. The van der Waals surface area contributed by atoms with E-state index in [9.17, 15) is 0 Å². The summed E-state index contributed by atoms with van der Waals surface area (Å²) >= 11 is 4.95. The van der Waals surface area contributed by atoms with E-state index >= 15 is 0 Å². The van der Waals surface area contributed by atoms with Crippen molar-refractivity contribution in [2.45, 2.75) is 6.54 Å². The lowest BCUT2D eigenvalue weighted by Crippen LogP contribution is -2.17. The van der Waals surface area contributed by atoms with Gasteiger partial charge in [-0.25, -0.2) is 4.98 Å². The molecule has 0 saturated heterocycles. The first-order chi connectivity index (χ1) is 9.61. The predicted octanol–water partition coefficient (Wildman–Crippen LogP) is 2.36. The van der Waals surface area contributed by atoms with E-state index in [1.165, 1.54) is 0 Å². The van der Waals surface area contributed by atoms with Crippen molar-refractivity contribution >= 4 is 22.9 Å². The second-order valence-corrected chi connectivity index (χ2v) is 4.88. The summed E-state index contributed by atoms with van der Waals surface area (Å²) in [7, 11) is 3.64. The number of nitrogens with zero attached hydrogens (tertiary/aromatic N) is 2. The van der Waals surface area contributed by atoms with Gasteiger partial charge < -0.3 is 15.4 Å². The minimum absolute atomic E-state index is 0.410. The van der Waals surface area contributed by atoms with E-state index in [1.54, 1.807) is 13.3 Å². The van der Waals surface area contributed by atoms with Gasteiger partial charge in [0.1, 0.15) is 4.99 Å². The minimum atomic E-state index is 0.410. The van der Waals surface area contributed by atoms with Gasteiger partial charge in [0.25, 0.3) is 0 Å². The van der Waals surface area contributed by atoms with Crippen LogP contribution >= 0.6 is 12.2 Å². The van der Waals surface area contributed by atoms with Crippen molar-refractivity contribution in [2.75, 3.05) is 19.1 Å². The number of hydrogen-bond donors (Lipinski definition) is 1. The molecule has 1 heterocycles. The van der Waals surface area contributed by atoms with Crippen molar-refractivity contribution in [2.24, 2.45) is 5.73 Å². The molecule has 0 aliphatic heterocycles. The molecule has 2 rings (SSSR count). The van der Waals surface area contributed by atoms with Gasteiger partial charge in [-0.1, -0.05) is 18.3 Å². The number of aromatic nitrogens is 1. The van der Waals surface area contributed by atoms with Crippen LogP contribution in [0.5, 0.6) is 5.88 Å². The van der Waals surface area contributed by atoms with Crippen molar-refractivity contribution in [1.29, 1.82) is 0 Å². The monoisotopic (exact) mass is 287 g/mol. The maximum atomic E-state index is 5.59. The van der Waals surface area contributed by atoms with Crippen LogP contribution in [0.1, 0.15) is 11.1 Å². The Kier molecular flexibility index (Phi) is 4.53. The van der Waals surface area contributed by atoms with Gasteiger partial charge in [0.15, 0.2) is 0 Å². The van der Waals surface area contributed by atoms with E-state index in [1.807, 2.05) is 43.4 Å². The molecule has 0 spiro atoms. The van der Waals surface area contributed by atoms with Gasteiger partial charge in [-0.3, -0.25) is 0 Å². The molecular formula is C15H17N3OS. The first kappa shape index (κ1) is 14.3. The van der Waals surface area contributed by atoms with Crippen LogP contribution in [0.15, 0.2) is 42.6 Å². The van der Waals surface area contributed by atoms with Gasteiger partial charge in [0.2, 0.25) is 5.88 Å². The Bertz CT molecular complexity index is 598. The molecule has 0 radical (unpaired) electrons. The molecule has 1 aromatic carbocycles. The van der Waals surface area contributed by atoms with Crippen LogP contribution in [-0.4, -0.2) is 24.1 Å². The molecule has 0 amide bonds. The average Bonchev–Trinajstić information content (AvgIpc) is 2.48. The van der Waals surface area contributed by atoms with Crippen molar-refractivity contribution in [3.8, 4) is 5.88 Å². The smallest absolute Gasteiger partial charge is 0.218 e. The molecule has 2 N–H and O–H groups in total. The number of ether oxygens (including phenoxy) is 1. The molecular weight excluding hydrogens is 270 g/mol. The lowest BCUT2D eigenvalue weighted by molar-refractivity contribution is 0.392. The topological polar surface area (TPSA) is 51.4 Å². The number of pyridine rings is 1. The number of thiocarbonyl (C=S) groups is 1. The third-order valence-electron chi connectivity index (χ3n) is 3.04. The average molecular weight is 287 g/mol.